The van der Waals surface area contributed by atoms with E-state index < -0.39 is 10.0 Å². The van der Waals surface area contributed by atoms with Crippen LogP contribution in [0.15, 0.2) is 12.4 Å². The van der Waals surface area contributed by atoms with E-state index in [0.29, 0.717) is 19.7 Å². The molecule has 2 aliphatic heterocycles. The highest BCUT2D eigenvalue weighted by molar-refractivity contribution is 7.89. The predicted molar refractivity (Wildman–Crippen MR) is 84.1 cm³/mol. The quantitative estimate of drug-likeness (QED) is 0.823. The van der Waals surface area contributed by atoms with E-state index in [0.717, 1.165) is 37.9 Å². The molecule has 0 spiro atoms. The van der Waals surface area contributed by atoms with Crippen molar-refractivity contribution in [2.45, 2.75) is 57.7 Å². The van der Waals surface area contributed by atoms with Crippen molar-refractivity contribution in [3.8, 4) is 0 Å². The molecule has 2 atom stereocenters. The number of aromatic nitrogens is 2. The number of aryl methyl sites for hydroxylation is 1. The highest BCUT2D eigenvalue weighted by Crippen LogP contribution is 2.25. The van der Waals surface area contributed by atoms with Crippen LogP contribution < -0.4 is 0 Å². The van der Waals surface area contributed by atoms with Crippen LogP contribution in [0.1, 0.15) is 37.9 Å². The molecule has 3 heterocycles. The molecule has 6 nitrogen and oxygen atoms in total. The van der Waals surface area contributed by atoms with E-state index in [1.54, 1.807) is 10.5 Å². The van der Waals surface area contributed by atoms with Gasteiger partial charge < -0.3 is 9.30 Å². The van der Waals surface area contributed by atoms with Gasteiger partial charge in [0.05, 0.1) is 11.9 Å². The van der Waals surface area contributed by atoms with E-state index in [1.807, 2.05) is 17.7 Å². The van der Waals surface area contributed by atoms with E-state index in [2.05, 4.69) is 4.98 Å². The number of imidazole rings is 1. The summed E-state index contributed by atoms with van der Waals surface area (Å²) in [6.45, 7) is 3.96. The summed E-state index contributed by atoms with van der Waals surface area (Å²) < 4.78 is 34.8. The molecule has 1 aromatic rings. The van der Waals surface area contributed by atoms with Crippen molar-refractivity contribution < 1.29 is 13.2 Å². The van der Waals surface area contributed by atoms with Crippen LogP contribution in [0.2, 0.25) is 0 Å². The van der Waals surface area contributed by atoms with Gasteiger partial charge >= 0.3 is 0 Å². The molecule has 1 aromatic heterocycles. The lowest BCUT2D eigenvalue weighted by Gasteiger charge is -2.28. The summed E-state index contributed by atoms with van der Waals surface area (Å²) >= 11 is 0. The van der Waals surface area contributed by atoms with Crippen LogP contribution in [0.5, 0.6) is 0 Å². The average Bonchev–Trinajstić information content (AvgIpc) is 3.10. The molecule has 0 amide bonds. The van der Waals surface area contributed by atoms with Crippen LogP contribution in [0.25, 0.3) is 0 Å². The minimum absolute atomic E-state index is 0.0430. The average molecular weight is 327 g/mol. The highest BCUT2D eigenvalue weighted by atomic mass is 32.2. The second-order valence-electron chi connectivity index (χ2n) is 6.30. The zero-order valence-corrected chi connectivity index (χ0v) is 14.0. The van der Waals surface area contributed by atoms with Crippen molar-refractivity contribution in [1.82, 2.24) is 13.9 Å². The van der Waals surface area contributed by atoms with Crippen molar-refractivity contribution in [1.29, 1.82) is 0 Å². The van der Waals surface area contributed by atoms with Crippen molar-refractivity contribution in [3.63, 3.8) is 0 Å². The van der Waals surface area contributed by atoms with E-state index in [4.69, 9.17) is 4.74 Å². The van der Waals surface area contributed by atoms with Gasteiger partial charge in [-0.2, -0.15) is 4.31 Å². The summed E-state index contributed by atoms with van der Waals surface area (Å²) in [7, 11) is -3.25. The maximum absolute atomic E-state index is 12.7. The Morgan fingerprint density at radius 2 is 2.18 bits per heavy atom. The highest BCUT2D eigenvalue weighted by Gasteiger charge is 2.36. The first-order valence-corrected chi connectivity index (χ1v) is 9.76. The smallest absolute Gasteiger partial charge is 0.216 e. The van der Waals surface area contributed by atoms with Crippen LogP contribution in [-0.4, -0.2) is 53.3 Å². The number of hydrogen-bond acceptors (Lipinski definition) is 4. The molecular formula is C15H25N3O3S. The molecular weight excluding hydrogens is 302 g/mol. The lowest BCUT2D eigenvalue weighted by Crippen LogP contribution is -2.42. The van der Waals surface area contributed by atoms with Crippen LogP contribution in [0, 0.1) is 6.92 Å². The van der Waals surface area contributed by atoms with E-state index in [1.165, 1.54) is 0 Å². The van der Waals surface area contributed by atoms with Gasteiger partial charge in [0, 0.05) is 38.1 Å². The fourth-order valence-electron chi connectivity index (χ4n) is 3.45. The van der Waals surface area contributed by atoms with Crippen molar-refractivity contribution in [2.24, 2.45) is 0 Å². The van der Waals surface area contributed by atoms with Crippen LogP contribution in [0.3, 0.4) is 0 Å². The van der Waals surface area contributed by atoms with Gasteiger partial charge in [0.2, 0.25) is 10.0 Å². The maximum Gasteiger partial charge on any atom is 0.216 e. The van der Waals surface area contributed by atoms with Crippen LogP contribution >= 0.6 is 0 Å². The Hall–Kier alpha value is -0.920. The fourth-order valence-corrected chi connectivity index (χ4v) is 5.41. The van der Waals surface area contributed by atoms with Gasteiger partial charge in [0.25, 0.3) is 0 Å². The summed E-state index contributed by atoms with van der Waals surface area (Å²) in [6.07, 6.45) is 8.38. The Bertz CT molecular complexity index is 593. The number of nitrogens with zero attached hydrogens (tertiary/aromatic N) is 3. The van der Waals surface area contributed by atoms with Gasteiger partial charge in [-0.15, -0.1) is 0 Å². The molecule has 22 heavy (non-hydrogen) atoms. The zero-order valence-electron chi connectivity index (χ0n) is 13.1. The normalized spacial score (nSPS) is 27.3. The van der Waals surface area contributed by atoms with Gasteiger partial charge in [-0.25, -0.2) is 13.4 Å². The number of hydrogen-bond donors (Lipinski definition) is 0. The molecule has 7 heteroatoms. The third-order valence-electron chi connectivity index (χ3n) is 4.68. The summed E-state index contributed by atoms with van der Waals surface area (Å²) in [5.74, 6) is 1.06. The Morgan fingerprint density at radius 1 is 1.32 bits per heavy atom. The molecule has 3 rings (SSSR count). The standard InChI is InChI=1S/C15H25N3O3S/c1-13-16-7-9-17(13)11-14-5-4-8-18(14)22(19,20)12-15-6-2-3-10-21-15/h7,9,14-15H,2-6,8,10-12H2,1H3/t14-,15-/m0/s1. The molecule has 0 aromatic carbocycles. The zero-order chi connectivity index (χ0) is 15.6. The number of rotatable bonds is 5. The van der Waals surface area contributed by atoms with Crippen LogP contribution in [0.4, 0.5) is 0 Å². The summed E-state index contributed by atoms with van der Waals surface area (Å²) in [6, 6.07) is 0.0430. The molecule has 2 aliphatic rings. The van der Waals surface area contributed by atoms with Gasteiger partial charge in [0.1, 0.15) is 5.82 Å². The van der Waals surface area contributed by atoms with E-state index in [9.17, 15) is 8.42 Å². The third kappa shape index (κ3) is 3.52. The summed E-state index contributed by atoms with van der Waals surface area (Å²) in [5, 5.41) is 0. The molecule has 0 radical (unpaired) electrons. The summed E-state index contributed by atoms with van der Waals surface area (Å²) in [5.41, 5.74) is 0. The first-order valence-electron chi connectivity index (χ1n) is 8.15. The lowest BCUT2D eigenvalue weighted by molar-refractivity contribution is 0.0298. The molecule has 2 saturated heterocycles. The SMILES string of the molecule is Cc1nccn1C[C@@H]1CCCN1S(=O)(=O)C[C@@H]1CCCCO1. The van der Waals surface area contributed by atoms with Gasteiger partial charge in [-0.05, 0) is 39.0 Å². The molecule has 0 unspecified atom stereocenters. The lowest BCUT2D eigenvalue weighted by atomic mass is 10.1. The molecule has 2 fully saturated rings. The van der Waals surface area contributed by atoms with E-state index >= 15 is 0 Å². The molecule has 124 valence electrons. The molecule has 0 aliphatic carbocycles. The second-order valence-corrected chi connectivity index (χ2v) is 8.27. The molecule has 0 saturated carbocycles. The molecule has 0 N–H and O–H groups in total. The maximum atomic E-state index is 12.7. The third-order valence-corrected chi connectivity index (χ3v) is 6.67. The van der Waals surface area contributed by atoms with Crippen molar-refractivity contribution in [3.05, 3.63) is 18.2 Å². The first kappa shape index (κ1) is 16.0. The van der Waals surface area contributed by atoms with Gasteiger partial charge in [0.15, 0.2) is 0 Å². The Balaban J connectivity index is 1.67. The Morgan fingerprint density at radius 3 is 2.86 bits per heavy atom. The topological polar surface area (TPSA) is 64.4 Å². The number of ether oxygens (including phenoxy) is 1. The largest absolute Gasteiger partial charge is 0.377 e. The predicted octanol–water partition coefficient (Wildman–Crippen LogP) is 1.55. The first-order chi connectivity index (χ1) is 10.6. The monoisotopic (exact) mass is 327 g/mol. The Kier molecular flexibility index (Phi) is 4.84. The molecule has 0 bridgehead atoms. The number of sulfonamides is 1. The second kappa shape index (κ2) is 6.68. The Labute approximate surface area is 132 Å². The summed E-state index contributed by atoms with van der Waals surface area (Å²) in [4.78, 5) is 4.21. The minimum atomic E-state index is -3.25. The van der Waals surface area contributed by atoms with Crippen molar-refractivity contribution >= 4 is 10.0 Å². The fraction of sp³-hybridized carbons (Fsp3) is 0.800. The van der Waals surface area contributed by atoms with E-state index in [-0.39, 0.29) is 17.9 Å². The van der Waals surface area contributed by atoms with Crippen LogP contribution in [-0.2, 0) is 21.3 Å². The van der Waals surface area contributed by atoms with Crippen molar-refractivity contribution in [2.75, 3.05) is 18.9 Å². The van der Waals surface area contributed by atoms with Gasteiger partial charge in [-0.3, -0.25) is 0 Å². The minimum Gasteiger partial charge on any atom is -0.377 e. The van der Waals surface area contributed by atoms with Gasteiger partial charge in [-0.1, -0.05) is 0 Å².